The Hall–Kier alpha value is -2.44. The molecule has 2 nitrogen and oxygen atoms in total. The number of nitrogens with zero attached hydrogens (tertiary/aromatic N) is 1. The number of ether oxygens (including phenoxy) is 1. The van der Waals surface area contributed by atoms with Gasteiger partial charge < -0.3 is 4.74 Å². The van der Waals surface area contributed by atoms with Crippen LogP contribution in [0.3, 0.4) is 0 Å². The first-order chi connectivity index (χ1) is 14.5. The Kier molecular flexibility index (Phi) is 7.45. The molecule has 0 amide bonds. The van der Waals surface area contributed by atoms with Crippen LogP contribution in [-0.2, 0) is 11.8 Å². The van der Waals surface area contributed by atoms with Crippen LogP contribution in [0.1, 0.15) is 48.1 Å². The Labute approximate surface area is 183 Å². The van der Waals surface area contributed by atoms with Gasteiger partial charge in [-0.3, -0.25) is 4.99 Å². The highest BCUT2D eigenvalue weighted by atomic mass is 31.1. The van der Waals surface area contributed by atoms with Crippen molar-refractivity contribution in [1.82, 2.24) is 0 Å². The molecule has 2 atom stereocenters. The maximum atomic E-state index is 6.41. The van der Waals surface area contributed by atoms with Gasteiger partial charge in [-0.15, -0.1) is 0 Å². The highest BCUT2D eigenvalue weighted by molar-refractivity contribution is 7.48. The van der Waals surface area contributed by atoms with Crippen LogP contribution in [0.5, 0.6) is 5.75 Å². The lowest BCUT2D eigenvalue weighted by molar-refractivity contribution is 0.297. The smallest absolute Gasteiger partial charge is 0.126 e. The van der Waals surface area contributed by atoms with Crippen molar-refractivity contribution in [3.8, 4) is 5.75 Å². The predicted molar refractivity (Wildman–Crippen MR) is 132 cm³/mol. The van der Waals surface area contributed by atoms with Crippen LogP contribution in [0.25, 0.3) is 0 Å². The fourth-order valence-corrected chi connectivity index (χ4v) is 5.24. The van der Waals surface area contributed by atoms with Crippen molar-refractivity contribution in [1.29, 1.82) is 0 Å². The molecule has 3 aromatic rings. The van der Waals surface area contributed by atoms with Crippen LogP contribution in [0, 0.1) is 13.8 Å². The van der Waals surface area contributed by atoms with Crippen molar-refractivity contribution >= 4 is 20.1 Å². The lowest BCUT2D eigenvalue weighted by Gasteiger charge is -2.32. The van der Waals surface area contributed by atoms with E-state index in [-0.39, 0.29) is 5.16 Å². The van der Waals surface area contributed by atoms with Crippen LogP contribution >= 0.6 is 8.58 Å². The summed E-state index contributed by atoms with van der Waals surface area (Å²) in [5.41, 5.74) is 6.15. The van der Waals surface area contributed by atoms with Crippen molar-refractivity contribution in [3.63, 3.8) is 0 Å². The molecule has 0 aliphatic heterocycles. The summed E-state index contributed by atoms with van der Waals surface area (Å²) in [5, 5.41) is 1.34. The van der Waals surface area contributed by atoms with Crippen molar-refractivity contribution in [3.05, 3.63) is 94.5 Å². The molecule has 0 radical (unpaired) electrons. The molecule has 30 heavy (non-hydrogen) atoms. The van der Waals surface area contributed by atoms with Gasteiger partial charge in [0.05, 0.1) is 0 Å². The summed E-state index contributed by atoms with van der Waals surface area (Å²) in [4.78, 5) is 4.29. The fourth-order valence-electron chi connectivity index (χ4n) is 3.69. The number of para-hydroxylation sites is 1. The third kappa shape index (κ3) is 5.18. The minimum absolute atomic E-state index is 0.0103. The summed E-state index contributed by atoms with van der Waals surface area (Å²) in [5.74, 6) is 1.02. The molecule has 0 aliphatic rings. The van der Waals surface area contributed by atoms with E-state index in [0.717, 1.165) is 12.2 Å². The van der Waals surface area contributed by atoms with Gasteiger partial charge in [0.1, 0.15) is 12.4 Å². The van der Waals surface area contributed by atoms with Gasteiger partial charge >= 0.3 is 0 Å². The second kappa shape index (κ2) is 10.0. The highest BCUT2D eigenvalue weighted by Gasteiger charge is 2.30. The van der Waals surface area contributed by atoms with E-state index in [1.54, 1.807) is 0 Å². The van der Waals surface area contributed by atoms with Gasteiger partial charge in [0, 0.05) is 24.0 Å². The first-order valence-electron chi connectivity index (χ1n) is 10.5. The van der Waals surface area contributed by atoms with Crippen LogP contribution in [-0.4, -0.2) is 13.3 Å². The molecule has 0 spiro atoms. The second-order valence-electron chi connectivity index (χ2n) is 8.01. The van der Waals surface area contributed by atoms with Gasteiger partial charge in [-0.25, -0.2) is 0 Å². The largest absolute Gasteiger partial charge is 0.488 e. The molecule has 0 saturated heterocycles. The Morgan fingerprint density at radius 1 is 1.00 bits per heavy atom. The molecule has 2 unspecified atom stereocenters. The van der Waals surface area contributed by atoms with E-state index in [1.807, 2.05) is 19.3 Å². The first kappa shape index (κ1) is 22.2. The van der Waals surface area contributed by atoms with Crippen molar-refractivity contribution in [2.24, 2.45) is 4.99 Å². The topological polar surface area (TPSA) is 21.6 Å². The molecule has 0 N–H and O–H groups in total. The Bertz CT molecular complexity index is 1010. The molecule has 0 bridgehead atoms. The monoisotopic (exact) mass is 417 g/mol. The van der Waals surface area contributed by atoms with Crippen LogP contribution < -0.4 is 10.0 Å². The first-order valence-corrected chi connectivity index (χ1v) is 11.5. The molecular formula is C27H32NOP. The molecular weight excluding hydrogens is 385 g/mol. The number of aliphatic imine (C=N–C) groups is 1. The van der Waals surface area contributed by atoms with E-state index in [4.69, 9.17) is 4.74 Å². The Balaban J connectivity index is 1.97. The minimum Gasteiger partial charge on any atom is -0.488 e. The third-order valence-electron chi connectivity index (χ3n) is 5.63. The van der Waals surface area contributed by atoms with Crippen LogP contribution in [0.15, 0.2) is 71.7 Å². The zero-order valence-electron chi connectivity index (χ0n) is 18.7. The number of aryl methyl sites for hydroxylation is 2. The summed E-state index contributed by atoms with van der Waals surface area (Å²) in [7, 11) is 2.46. The predicted octanol–water partition coefficient (Wildman–Crippen LogP) is 6.56. The maximum absolute atomic E-state index is 6.41. The molecule has 3 aromatic carbocycles. The van der Waals surface area contributed by atoms with Gasteiger partial charge in [0.2, 0.25) is 0 Å². The number of hydrogen-bond donors (Lipinski definition) is 0. The van der Waals surface area contributed by atoms with Gasteiger partial charge in [0.15, 0.2) is 0 Å². The molecule has 0 aromatic heterocycles. The normalized spacial score (nSPS) is 13.8. The summed E-state index contributed by atoms with van der Waals surface area (Å²) in [6, 6.07) is 23.6. The Morgan fingerprint density at radius 3 is 2.47 bits per heavy atom. The molecule has 0 fully saturated rings. The van der Waals surface area contributed by atoms with E-state index in [9.17, 15) is 0 Å². The second-order valence-corrected chi connectivity index (χ2v) is 9.91. The van der Waals surface area contributed by atoms with Crippen LogP contribution in [0.4, 0.5) is 0 Å². The van der Waals surface area contributed by atoms with Crippen molar-refractivity contribution < 1.29 is 4.74 Å². The van der Waals surface area contributed by atoms with Gasteiger partial charge in [-0.05, 0) is 48.3 Å². The highest BCUT2D eigenvalue weighted by Crippen LogP contribution is 2.48. The molecule has 0 saturated carbocycles. The standard InChI is InChI=1S/C27H32NOP/c1-6-27(4,30-25-16-15-20(2)17-23(25)18-28-5)24-14-10-11-21(3)26(24)29-19-22-12-8-7-9-13-22/h7-18,30H,6,19H2,1-5H3/b28-18+. The SMILES string of the molecule is CCC(C)(Pc1ccc(C)cc1/C=N/C)c1cccc(C)c1OCc1ccccc1. The summed E-state index contributed by atoms with van der Waals surface area (Å²) in [6.45, 7) is 9.50. The average molecular weight is 418 g/mol. The average Bonchev–Trinajstić information content (AvgIpc) is 2.75. The van der Waals surface area contributed by atoms with Gasteiger partial charge in [0.25, 0.3) is 0 Å². The zero-order chi connectivity index (χ0) is 21.6. The molecule has 156 valence electrons. The summed E-state index contributed by atoms with van der Waals surface area (Å²) < 4.78 is 6.41. The lowest BCUT2D eigenvalue weighted by Crippen LogP contribution is -2.21. The number of rotatable bonds is 8. The molecule has 0 heterocycles. The van der Waals surface area contributed by atoms with E-state index < -0.39 is 0 Å². The lowest BCUT2D eigenvalue weighted by atomic mass is 9.94. The van der Waals surface area contributed by atoms with Crippen molar-refractivity contribution in [2.75, 3.05) is 7.05 Å². The summed E-state index contributed by atoms with van der Waals surface area (Å²) >= 11 is 0. The number of benzene rings is 3. The van der Waals surface area contributed by atoms with Gasteiger partial charge in [-0.1, -0.05) is 88.7 Å². The van der Waals surface area contributed by atoms with E-state index in [1.165, 1.54) is 33.1 Å². The zero-order valence-corrected chi connectivity index (χ0v) is 19.7. The number of hydrogen-bond acceptors (Lipinski definition) is 2. The van der Waals surface area contributed by atoms with Crippen molar-refractivity contribution in [2.45, 2.75) is 45.9 Å². The van der Waals surface area contributed by atoms with E-state index in [2.05, 4.69) is 93.4 Å². The van der Waals surface area contributed by atoms with E-state index >= 15 is 0 Å². The summed E-state index contributed by atoms with van der Waals surface area (Å²) in [6.07, 6.45) is 3.02. The fraction of sp³-hybridized carbons (Fsp3) is 0.296. The molecule has 3 rings (SSSR count). The van der Waals surface area contributed by atoms with Gasteiger partial charge in [-0.2, -0.15) is 0 Å². The quantitative estimate of drug-likeness (QED) is 0.300. The Morgan fingerprint density at radius 2 is 1.77 bits per heavy atom. The van der Waals surface area contributed by atoms with Crippen LogP contribution in [0.2, 0.25) is 0 Å². The maximum Gasteiger partial charge on any atom is 0.126 e. The third-order valence-corrected chi connectivity index (χ3v) is 7.52. The molecule has 0 aliphatic carbocycles. The van der Waals surface area contributed by atoms with E-state index in [0.29, 0.717) is 15.2 Å². The molecule has 3 heteroatoms. The minimum atomic E-state index is -0.0103.